The third-order valence-corrected chi connectivity index (χ3v) is 7.93. The predicted octanol–water partition coefficient (Wildman–Crippen LogP) is 6.71. The molecule has 0 radical (unpaired) electrons. The van der Waals surface area contributed by atoms with Crippen molar-refractivity contribution < 1.29 is 35.9 Å². The van der Waals surface area contributed by atoms with Crippen molar-refractivity contribution in [1.29, 1.82) is 0 Å². The minimum atomic E-state index is -4.99. The number of benzene rings is 1. The monoisotopic (exact) mass is 610 g/mol. The van der Waals surface area contributed by atoms with Crippen LogP contribution in [0, 0.1) is 5.92 Å². The molecule has 5 rings (SSSR count). The number of carbonyl (C=O) groups is 1. The van der Waals surface area contributed by atoms with E-state index in [9.17, 15) is 31.1 Å². The summed E-state index contributed by atoms with van der Waals surface area (Å²) in [4.78, 5) is 25.4. The first-order valence-electron chi connectivity index (χ1n) is 13.7. The maximum absolute atomic E-state index is 13.7. The number of aryl methyl sites for hydroxylation is 1. The molecule has 2 aliphatic rings. The van der Waals surface area contributed by atoms with Crippen molar-refractivity contribution in [3.05, 3.63) is 59.7 Å². The Morgan fingerprint density at radius 3 is 2.02 bits per heavy atom. The number of aromatic nitrogens is 4. The van der Waals surface area contributed by atoms with E-state index in [1.807, 2.05) is 6.92 Å². The van der Waals surface area contributed by atoms with Gasteiger partial charge in [0.05, 0.1) is 28.9 Å². The summed E-state index contributed by atoms with van der Waals surface area (Å²) in [6.45, 7) is 7.02. The van der Waals surface area contributed by atoms with Gasteiger partial charge in [0, 0.05) is 49.9 Å². The number of alkyl halides is 6. The van der Waals surface area contributed by atoms with Crippen molar-refractivity contribution in [3.63, 3.8) is 0 Å². The fourth-order valence-electron chi connectivity index (χ4n) is 5.75. The van der Waals surface area contributed by atoms with Crippen LogP contribution in [0.2, 0.25) is 0 Å². The molecule has 2 fully saturated rings. The van der Waals surface area contributed by atoms with Crippen LogP contribution < -0.4 is 4.90 Å². The highest BCUT2D eigenvalue weighted by Gasteiger charge is 2.63. The Balaban J connectivity index is 1.54. The molecule has 1 saturated heterocycles. The largest absolute Gasteiger partial charge is 0.444 e. The van der Waals surface area contributed by atoms with Crippen molar-refractivity contribution in [2.24, 2.45) is 13.0 Å². The van der Waals surface area contributed by atoms with Crippen LogP contribution in [0.4, 0.5) is 37.1 Å². The van der Waals surface area contributed by atoms with Gasteiger partial charge in [0.1, 0.15) is 5.60 Å². The number of likely N-dealkylation sites (tertiary alicyclic amines) is 1. The molecule has 1 amide bonds. The summed E-state index contributed by atoms with van der Waals surface area (Å²) in [5, 5.41) is 4.12. The van der Waals surface area contributed by atoms with Crippen LogP contribution in [-0.2, 0) is 30.7 Å². The highest BCUT2D eigenvalue weighted by atomic mass is 19.4. The van der Waals surface area contributed by atoms with Gasteiger partial charge >= 0.3 is 18.4 Å². The normalized spacial score (nSPS) is 22.3. The summed E-state index contributed by atoms with van der Waals surface area (Å²) >= 11 is 0. The Kier molecular flexibility index (Phi) is 7.41. The van der Waals surface area contributed by atoms with Gasteiger partial charge in [-0.3, -0.25) is 4.68 Å². The number of carbonyl (C=O) groups excluding carboxylic acids is 1. The lowest BCUT2D eigenvalue weighted by Crippen LogP contribution is -2.43. The number of anilines is 1. The summed E-state index contributed by atoms with van der Waals surface area (Å²) in [7, 11) is 1.75. The third-order valence-electron chi connectivity index (χ3n) is 7.93. The van der Waals surface area contributed by atoms with E-state index in [0.717, 1.165) is 5.56 Å². The quantitative estimate of drug-likeness (QED) is 0.299. The average Bonchev–Trinajstić information content (AvgIpc) is 3.19. The molecule has 3 atom stereocenters. The Morgan fingerprint density at radius 2 is 1.56 bits per heavy atom. The zero-order valence-corrected chi connectivity index (χ0v) is 24.3. The molecule has 3 heterocycles. The second-order valence-electron chi connectivity index (χ2n) is 12.4. The molecule has 1 aliphatic carbocycles. The standard InChI is InChI=1S/C29H32F6N6O2/c1-17-9-27(17)10-23(16-41(27)25(42)43-26(2,3)4)40(24-36-11-19(12-37-24)20-13-38-39(5)15-20)14-18-6-21(28(30,31)32)8-22(7-18)29(33,34)35/h6-8,11-13,15,17,23H,9-10,14,16H2,1-5H3/t17?,23-,27?/m0/s1. The van der Waals surface area contributed by atoms with E-state index >= 15 is 0 Å². The first kappa shape index (κ1) is 30.6. The van der Waals surface area contributed by atoms with Crippen molar-refractivity contribution >= 4 is 12.0 Å². The molecule has 0 N–H and O–H groups in total. The molecule has 2 aromatic heterocycles. The lowest BCUT2D eigenvalue weighted by molar-refractivity contribution is -0.143. The minimum Gasteiger partial charge on any atom is -0.444 e. The van der Waals surface area contributed by atoms with E-state index in [0.29, 0.717) is 30.5 Å². The molecule has 1 aliphatic heterocycles. The van der Waals surface area contributed by atoms with Gasteiger partial charge < -0.3 is 14.5 Å². The van der Waals surface area contributed by atoms with Gasteiger partial charge in [0.2, 0.25) is 5.95 Å². The van der Waals surface area contributed by atoms with Crippen LogP contribution in [0.25, 0.3) is 11.1 Å². The van der Waals surface area contributed by atoms with Crippen molar-refractivity contribution in [3.8, 4) is 11.1 Å². The lowest BCUT2D eigenvalue weighted by Gasteiger charge is -2.30. The molecule has 1 aromatic carbocycles. The number of halogens is 6. The summed E-state index contributed by atoms with van der Waals surface area (Å²) in [5.74, 6) is 0.240. The third kappa shape index (κ3) is 6.42. The molecule has 3 aromatic rings. The fraction of sp³-hybridized carbons (Fsp3) is 0.517. The molecule has 1 spiro atoms. The summed E-state index contributed by atoms with van der Waals surface area (Å²) < 4.78 is 89.2. The molecule has 43 heavy (non-hydrogen) atoms. The number of rotatable bonds is 5. The maximum atomic E-state index is 13.7. The highest BCUT2D eigenvalue weighted by Crippen LogP contribution is 2.56. The molecule has 0 bridgehead atoms. The van der Waals surface area contributed by atoms with Crippen molar-refractivity contribution in [1.82, 2.24) is 24.6 Å². The Morgan fingerprint density at radius 1 is 0.977 bits per heavy atom. The molecule has 232 valence electrons. The van der Waals surface area contributed by atoms with Gasteiger partial charge in [-0.1, -0.05) is 6.92 Å². The highest BCUT2D eigenvalue weighted by molar-refractivity contribution is 5.71. The molecule has 1 saturated carbocycles. The van der Waals surface area contributed by atoms with Crippen LogP contribution in [0.5, 0.6) is 0 Å². The zero-order chi connectivity index (χ0) is 31.5. The second-order valence-corrected chi connectivity index (χ2v) is 12.4. The van der Waals surface area contributed by atoms with Gasteiger partial charge in [-0.2, -0.15) is 31.4 Å². The topological polar surface area (TPSA) is 76.4 Å². The fourth-order valence-corrected chi connectivity index (χ4v) is 5.75. The zero-order valence-electron chi connectivity index (χ0n) is 24.3. The van der Waals surface area contributed by atoms with Gasteiger partial charge in [-0.15, -0.1) is 0 Å². The van der Waals surface area contributed by atoms with E-state index in [1.54, 1.807) is 54.7 Å². The van der Waals surface area contributed by atoms with E-state index in [4.69, 9.17) is 4.74 Å². The predicted molar refractivity (Wildman–Crippen MR) is 145 cm³/mol. The van der Waals surface area contributed by atoms with E-state index in [1.165, 1.54) is 12.4 Å². The number of nitrogens with zero attached hydrogens (tertiary/aromatic N) is 6. The number of hydrogen-bond acceptors (Lipinski definition) is 6. The molecule has 8 nitrogen and oxygen atoms in total. The summed E-state index contributed by atoms with van der Waals surface area (Å²) in [5.41, 5.74) is -2.95. The Labute approximate surface area is 244 Å². The van der Waals surface area contributed by atoms with Gasteiger partial charge in [0.15, 0.2) is 0 Å². The van der Waals surface area contributed by atoms with Crippen LogP contribution in [-0.4, -0.2) is 54.5 Å². The molecule has 2 unspecified atom stereocenters. The van der Waals surface area contributed by atoms with E-state index in [2.05, 4.69) is 15.1 Å². The van der Waals surface area contributed by atoms with Crippen LogP contribution in [0.1, 0.15) is 57.2 Å². The summed E-state index contributed by atoms with van der Waals surface area (Å²) in [6.07, 6.45) is -2.97. The second kappa shape index (κ2) is 10.4. The average molecular weight is 611 g/mol. The Bertz CT molecular complexity index is 1460. The van der Waals surface area contributed by atoms with Gasteiger partial charge in [0.25, 0.3) is 0 Å². The van der Waals surface area contributed by atoms with Crippen molar-refractivity contribution in [2.45, 2.75) is 76.6 Å². The van der Waals surface area contributed by atoms with Crippen LogP contribution in [0.15, 0.2) is 43.0 Å². The van der Waals surface area contributed by atoms with E-state index < -0.39 is 46.8 Å². The van der Waals surface area contributed by atoms with E-state index in [-0.39, 0.29) is 36.6 Å². The van der Waals surface area contributed by atoms with Crippen LogP contribution >= 0.6 is 0 Å². The lowest BCUT2D eigenvalue weighted by atomic mass is 10.0. The van der Waals surface area contributed by atoms with Gasteiger partial charge in [-0.25, -0.2) is 14.8 Å². The molecular weight excluding hydrogens is 578 g/mol. The molecular formula is C29H32F6N6O2. The van der Waals surface area contributed by atoms with Gasteiger partial charge in [-0.05, 0) is 63.3 Å². The summed E-state index contributed by atoms with van der Waals surface area (Å²) in [6, 6.07) is 1.02. The smallest absolute Gasteiger partial charge is 0.416 e. The van der Waals surface area contributed by atoms with Crippen molar-refractivity contribution in [2.75, 3.05) is 11.4 Å². The Hall–Kier alpha value is -3.84. The first-order chi connectivity index (χ1) is 19.9. The number of amides is 1. The SMILES string of the molecule is CC1CC12C[C@H](N(Cc1cc(C(F)(F)F)cc(C(F)(F)F)c1)c1ncc(-c3cnn(C)c3)cn1)CN2C(=O)OC(C)(C)C. The molecule has 14 heteroatoms. The van der Waals surface area contributed by atoms with Crippen LogP contribution in [0.3, 0.4) is 0 Å². The number of ether oxygens (including phenoxy) is 1. The number of hydrogen-bond donors (Lipinski definition) is 0. The maximum Gasteiger partial charge on any atom is 0.416 e. The first-order valence-corrected chi connectivity index (χ1v) is 13.7. The minimum absolute atomic E-state index is 0.105.